The van der Waals surface area contributed by atoms with Gasteiger partial charge in [0.25, 0.3) is 0 Å². The third-order valence-electron chi connectivity index (χ3n) is 4.63. The quantitative estimate of drug-likeness (QED) is 0.873. The van der Waals surface area contributed by atoms with Crippen LogP contribution in [0.2, 0.25) is 0 Å². The average Bonchev–Trinajstić information content (AvgIpc) is 3.03. The van der Waals surface area contributed by atoms with Crippen LogP contribution in [0.25, 0.3) is 0 Å². The molecule has 0 spiro atoms. The summed E-state index contributed by atoms with van der Waals surface area (Å²) in [6.45, 7) is 4.09. The Morgan fingerprint density at radius 2 is 2.14 bits per heavy atom. The molecule has 0 aliphatic carbocycles. The summed E-state index contributed by atoms with van der Waals surface area (Å²) in [5.74, 6) is 0.217. The van der Waals surface area contributed by atoms with Crippen LogP contribution in [0.15, 0.2) is 35.2 Å². The Labute approximate surface area is 130 Å². The second kappa shape index (κ2) is 5.64. The Balaban J connectivity index is 1.74. The molecule has 2 fully saturated rings. The maximum atomic E-state index is 12.4. The Bertz CT molecular complexity index is 661. The van der Waals surface area contributed by atoms with E-state index in [9.17, 15) is 13.2 Å². The number of likely N-dealkylation sites (tertiary alicyclic amines) is 1. The van der Waals surface area contributed by atoms with Crippen molar-refractivity contribution >= 4 is 15.9 Å². The summed E-state index contributed by atoms with van der Waals surface area (Å²) in [5, 5.41) is 0. The van der Waals surface area contributed by atoms with Gasteiger partial charge in [0.15, 0.2) is 0 Å². The molecule has 2 atom stereocenters. The summed E-state index contributed by atoms with van der Waals surface area (Å²) in [5.41, 5.74) is -0.312. The number of benzene rings is 1. The maximum Gasteiger partial charge on any atom is 0.240 e. The summed E-state index contributed by atoms with van der Waals surface area (Å²) in [4.78, 5) is 13.6. The van der Waals surface area contributed by atoms with Crippen LogP contribution in [0.5, 0.6) is 0 Å². The molecule has 0 saturated carbocycles. The number of rotatable bonds is 4. The predicted octanol–water partition coefficient (Wildman–Crippen LogP) is 0.460. The minimum absolute atomic E-state index is 0.0275. The van der Waals surface area contributed by atoms with Gasteiger partial charge < -0.3 is 9.64 Å². The Morgan fingerprint density at radius 3 is 2.82 bits per heavy atom. The number of carbonyl (C=O) groups is 1. The summed E-state index contributed by atoms with van der Waals surface area (Å²) in [7, 11) is -3.54. The van der Waals surface area contributed by atoms with E-state index in [0.717, 1.165) is 0 Å². The zero-order valence-electron chi connectivity index (χ0n) is 12.5. The van der Waals surface area contributed by atoms with E-state index >= 15 is 0 Å². The molecule has 120 valence electrons. The number of hydrogen-bond donors (Lipinski definition) is 1. The van der Waals surface area contributed by atoms with Crippen LogP contribution in [0.1, 0.15) is 6.92 Å². The second-order valence-corrected chi connectivity index (χ2v) is 7.88. The van der Waals surface area contributed by atoms with Gasteiger partial charge >= 0.3 is 0 Å². The van der Waals surface area contributed by atoms with Crippen molar-refractivity contribution in [3.05, 3.63) is 30.3 Å². The van der Waals surface area contributed by atoms with Crippen LogP contribution in [0, 0.1) is 11.3 Å². The first-order valence-electron chi connectivity index (χ1n) is 7.31. The van der Waals surface area contributed by atoms with E-state index < -0.39 is 10.0 Å². The van der Waals surface area contributed by atoms with Crippen LogP contribution in [-0.4, -0.2) is 52.1 Å². The SMILES string of the molecule is CC(=O)N1C[C@@H]2COC[C@]2(CNS(=O)(=O)c2ccccc2)C1. The van der Waals surface area contributed by atoms with Gasteiger partial charge in [0, 0.05) is 37.9 Å². The number of carbonyl (C=O) groups excluding carboxylic acids is 1. The van der Waals surface area contributed by atoms with Crippen molar-refractivity contribution in [2.45, 2.75) is 11.8 Å². The van der Waals surface area contributed by atoms with Crippen molar-refractivity contribution in [1.29, 1.82) is 0 Å². The lowest BCUT2D eigenvalue weighted by Gasteiger charge is -2.27. The second-order valence-electron chi connectivity index (χ2n) is 6.11. The molecule has 0 radical (unpaired) electrons. The lowest BCUT2D eigenvalue weighted by atomic mass is 9.81. The first-order valence-corrected chi connectivity index (χ1v) is 8.79. The van der Waals surface area contributed by atoms with Gasteiger partial charge in [-0.3, -0.25) is 4.79 Å². The molecule has 0 aromatic heterocycles. The molecule has 3 rings (SSSR count). The minimum Gasteiger partial charge on any atom is -0.380 e. The number of hydrogen-bond acceptors (Lipinski definition) is 4. The Hall–Kier alpha value is -1.44. The Kier molecular flexibility index (Phi) is 3.96. The molecule has 2 aliphatic heterocycles. The van der Waals surface area contributed by atoms with E-state index in [-0.39, 0.29) is 22.1 Å². The fourth-order valence-electron chi connectivity index (χ4n) is 3.24. The number of nitrogens with zero attached hydrogens (tertiary/aromatic N) is 1. The van der Waals surface area contributed by atoms with E-state index in [1.165, 1.54) is 0 Å². The van der Waals surface area contributed by atoms with Gasteiger partial charge in [0.05, 0.1) is 18.1 Å². The summed E-state index contributed by atoms with van der Waals surface area (Å²) >= 11 is 0. The molecule has 1 N–H and O–H groups in total. The molecule has 2 saturated heterocycles. The summed E-state index contributed by atoms with van der Waals surface area (Å²) in [6, 6.07) is 8.31. The molecule has 1 aromatic carbocycles. The monoisotopic (exact) mass is 324 g/mol. The number of fused-ring (bicyclic) bond motifs is 1. The minimum atomic E-state index is -3.54. The first kappa shape index (κ1) is 15.5. The Morgan fingerprint density at radius 1 is 1.41 bits per heavy atom. The van der Waals surface area contributed by atoms with E-state index in [0.29, 0.717) is 32.8 Å². The van der Waals surface area contributed by atoms with Crippen molar-refractivity contribution in [1.82, 2.24) is 9.62 Å². The zero-order chi connectivity index (χ0) is 15.8. The smallest absolute Gasteiger partial charge is 0.240 e. The molecular formula is C15H20N2O4S. The molecule has 7 heteroatoms. The van der Waals surface area contributed by atoms with Gasteiger partial charge in [-0.05, 0) is 12.1 Å². The molecule has 6 nitrogen and oxygen atoms in total. The largest absolute Gasteiger partial charge is 0.380 e. The molecule has 0 unspecified atom stereocenters. The van der Waals surface area contributed by atoms with E-state index in [1.54, 1.807) is 42.2 Å². The topological polar surface area (TPSA) is 75.7 Å². The number of ether oxygens (including phenoxy) is 1. The average molecular weight is 324 g/mol. The molecule has 1 amide bonds. The standard InChI is InChI=1S/C15H20N2O4S/c1-12(18)17-7-13-8-21-11-15(13,10-17)9-16-22(19,20)14-5-3-2-4-6-14/h2-6,13,16H,7-11H2,1H3/t13-,15+/m1/s1. The van der Waals surface area contributed by atoms with Crippen molar-refractivity contribution < 1.29 is 17.9 Å². The van der Waals surface area contributed by atoms with E-state index in [1.807, 2.05) is 0 Å². The molecule has 0 bridgehead atoms. The zero-order valence-corrected chi connectivity index (χ0v) is 13.3. The van der Waals surface area contributed by atoms with Crippen LogP contribution in [0.4, 0.5) is 0 Å². The fourth-order valence-corrected chi connectivity index (χ4v) is 4.40. The van der Waals surface area contributed by atoms with Crippen molar-refractivity contribution in [2.24, 2.45) is 11.3 Å². The third-order valence-corrected chi connectivity index (χ3v) is 6.05. The lowest BCUT2D eigenvalue weighted by Crippen LogP contribution is -2.43. The highest BCUT2D eigenvalue weighted by atomic mass is 32.2. The summed E-state index contributed by atoms with van der Waals surface area (Å²) in [6.07, 6.45) is 0. The van der Waals surface area contributed by atoms with Gasteiger partial charge in [-0.15, -0.1) is 0 Å². The van der Waals surface area contributed by atoms with Crippen LogP contribution >= 0.6 is 0 Å². The predicted molar refractivity (Wildman–Crippen MR) is 80.6 cm³/mol. The van der Waals surface area contributed by atoms with E-state index in [4.69, 9.17) is 4.74 Å². The molecule has 2 heterocycles. The number of nitrogens with one attached hydrogen (secondary N) is 1. The highest BCUT2D eigenvalue weighted by molar-refractivity contribution is 7.89. The van der Waals surface area contributed by atoms with Gasteiger partial charge in [0.2, 0.25) is 15.9 Å². The van der Waals surface area contributed by atoms with Gasteiger partial charge in [-0.25, -0.2) is 13.1 Å². The van der Waals surface area contributed by atoms with Crippen LogP contribution in [-0.2, 0) is 19.6 Å². The number of amides is 1. The van der Waals surface area contributed by atoms with Gasteiger partial charge in [-0.2, -0.15) is 0 Å². The normalized spacial score (nSPS) is 27.9. The number of sulfonamides is 1. The van der Waals surface area contributed by atoms with Crippen molar-refractivity contribution in [3.8, 4) is 0 Å². The maximum absolute atomic E-state index is 12.4. The fraction of sp³-hybridized carbons (Fsp3) is 0.533. The van der Waals surface area contributed by atoms with Crippen molar-refractivity contribution in [3.63, 3.8) is 0 Å². The summed E-state index contributed by atoms with van der Waals surface area (Å²) < 4.78 is 32.9. The van der Waals surface area contributed by atoms with Crippen LogP contribution in [0.3, 0.4) is 0 Å². The van der Waals surface area contributed by atoms with E-state index in [2.05, 4.69) is 4.72 Å². The molecule has 1 aromatic rings. The highest BCUT2D eigenvalue weighted by Gasteiger charge is 2.51. The van der Waals surface area contributed by atoms with Gasteiger partial charge in [0.1, 0.15) is 0 Å². The highest BCUT2D eigenvalue weighted by Crippen LogP contribution is 2.41. The molecule has 2 aliphatic rings. The van der Waals surface area contributed by atoms with Gasteiger partial charge in [-0.1, -0.05) is 18.2 Å². The van der Waals surface area contributed by atoms with Crippen LogP contribution < -0.4 is 4.72 Å². The first-order chi connectivity index (χ1) is 10.4. The molecular weight excluding hydrogens is 304 g/mol. The molecule has 22 heavy (non-hydrogen) atoms. The third kappa shape index (κ3) is 2.76. The lowest BCUT2D eigenvalue weighted by molar-refractivity contribution is -0.128. The van der Waals surface area contributed by atoms with Crippen molar-refractivity contribution in [2.75, 3.05) is 32.8 Å².